The van der Waals surface area contributed by atoms with Crippen molar-refractivity contribution in [2.45, 2.75) is 41.2 Å². The number of ketones is 1. The van der Waals surface area contributed by atoms with Gasteiger partial charge in [-0.3, -0.25) is 9.48 Å². The van der Waals surface area contributed by atoms with Gasteiger partial charge in [-0.25, -0.2) is 4.79 Å². The molecule has 26 heavy (non-hydrogen) atoms. The van der Waals surface area contributed by atoms with Gasteiger partial charge in [0.2, 0.25) is 5.78 Å². The number of ether oxygens (including phenoxy) is 1. The summed E-state index contributed by atoms with van der Waals surface area (Å²) >= 11 is 2.94. The molecule has 7 heteroatoms. The molecule has 3 aromatic rings. The average Bonchev–Trinajstić information content (AvgIpc) is 3.21. The number of thiophene rings is 2. The highest BCUT2D eigenvalue weighted by atomic mass is 32.1. The molecule has 0 amide bonds. The Kier molecular flexibility index (Phi) is 5.29. The van der Waals surface area contributed by atoms with Crippen LogP contribution in [0, 0.1) is 26.7 Å². The molecule has 0 spiro atoms. The third kappa shape index (κ3) is 3.73. The minimum absolute atomic E-state index is 0.163. The Bertz CT molecular complexity index is 979. The van der Waals surface area contributed by atoms with E-state index in [1.165, 1.54) is 11.3 Å². The lowest BCUT2D eigenvalue weighted by atomic mass is 10.2. The van der Waals surface area contributed by atoms with Crippen LogP contribution < -0.4 is 0 Å². The van der Waals surface area contributed by atoms with Crippen LogP contribution in [0.5, 0.6) is 0 Å². The maximum absolute atomic E-state index is 12.4. The molecular formula is C19H22N2O3S2. The number of hydrogen-bond acceptors (Lipinski definition) is 6. The standard InChI is InChI=1S/C19H22N2O3S2/c1-10(2)8-21-18-14(12(4)20-21)7-17(26-18)19(23)24-9-16(22)15-6-11(3)25-13(15)5/h6-7,10H,8-9H2,1-5H3. The van der Waals surface area contributed by atoms with Crippen molar-refractivity contribution in [2.75, 3.05) is 6.61 Å². The molecule has 0 saturated carbocycles. The minimum Gasteiger partial charge on any atom is -0.453 e. The monoisotopic (exact) mass is 390 g/mol. The quantitative estimate of drug-likeness (QED) is 0.449. The fourth-order valence-corrected chi connectivity index (χ4v) is 4.88. The number of carbonyl (C=O) groups excluding carboxylic acids is 2. The smallest absolute Gasteiger partial charge is 0.348 e. The lowest BCUT2D eigenvalue weighted by molar-refractivity contribution is 0.0479. The zero-order valence-corrected chi connectivity index (χ0v) is 17.2. The van der Waals surface area contributed by atoms with E-state index >= 15 is 0 Å². The van der Waals surface area contributed by atoms with Gasteiger partial charge in [-0.15, -0.1) is 22.7 Å². The summed E-state index contributed by atoms with van der Waals surface area (Å²) in [7, 11) is 0. The Labute approximate surface area is 160 Å². The van der Waals surface area contributed by atoms with E-state index in [0.717, 1.165) is 32.2 Å². The molecule has 0 fully saturated rings. The zero-order valence-electron chi connectivity index (χ0n) is 15.6. The Morgan fingerprint density at radius 3 is 2.54 bits per heavy atom. The number of aromatic nitrogens is 2. The zero-order chi connectivity index (χ0) is 19.0. The van der Waals surface area contributed by atoms with Crippen molar-refractivity contribution < 1.29 is 14.3 Å². The second-order valence-electron chi connectivity index (χ2n) is 6.82. The van der Waals surface area contributed by atoms with Crippen molar-refractivity contribution in [3.05, 3.63) is 38.0 Å². The van der Waals surface area contributed by atoms with Crippen molar-refractivity contribution in [1.82, 2.24) is 9.78 Å². The fraction of sp³-hybridized carbons (Fsp3) is 0.421. The molecule has 3 aromatic heterocycles. The summed E-state index contributed by atoms with van der Waals surface area (Å²) in [5, 5.41) is 5.51. The maximum atomic E-state index is 12.4. The highest BCUT2D eigenvalue weighted by Crippen LogP contribution is 2.29. The number of aryl methyl sites for hydroxylation is 3. The summed E-state index contributed by atoms with van der Waals surface area (Å²) in [6.45, 7) is 10.6. The Hall–Kier alpha value is -1.99. The van der Waals surface area contributed by atoms with E-state index in [0.29, 0.717) is 16.4 Å². The predicted octanol–water partition coefficient (Wildman–Crippen LogP) is 4.78. The van der Waals surface area contributed by atoms with Gasteiger partial charge >= 0.3 is 5.97 Å². The second-order valence-corrected chi connectivity index (χ2v) is 9.31. The summed E-state index contributed by atoms with van der Waals surface area (Å²) < 4.78 is 7.21. The van der Waals surface area contributed by atoms with Crippen molar-refractivity contribution in [3.8, 4) is 0 Å². The van der Waals surface area contributed by atoms with E-state index in [-0.39, 0.29) is 12.4 Å². The molecule has 138 valence electrons. The Morgan fingerprint density at radius 2 is 1.92 bits per heavy atom. The van der Waals surface area contributed by atoms with Gasteiger partial charge in [-0.05, 0) is 38.8 Å². The number of hydrogen-bond donors (Lipinski definition) is 0. The summed E-state index contributed by atoms with van der Waals surface area (Å²) in [4.78, 5) is 28.2. The van der Waals surface area contributed by atoms with Gasteiger partial charge < -0.3 is 4.74 Å². The molecule has 5 nitrogen and oxygen atoms in total. The molecule has 0 unspecified atom stereocenters. The van der Waals surface area contributed by atoms with E-state index in [4.69, 9.17) is 4.74 Å². The number of rotatable bonds is 6. The molecule has 3 heterocycles. The highest BCUT2D eigenvalue weighted by Gasteiger charge is 2.20. The minimum atomic E-state index is -0.459. The van der Waals surface area contributed by atoms with E-state index < -0.39 is 5.97 Å². The molecule has 0 aromatic carbocycles. The molecule has 0 saturated heterocycles. The fourth-order valence-electron chi connectivity index (χ4n) is 2.87. The maximum Gasteiger partial charge on any atom is 0.348 e. The van der Waals surface area contributed by atoms with Gasteiger partial charge in [-0.2, -0.15) is 5.10 Å². The Balaban J connectivity index is 1.74. The van der Waals surface area contributed by atoms with Crippen molar-refractivity contribution in [1.29, 1.82) is 0 Å². The summed E-state index contributed by atoms with van der Waals surface area (Å²) in [5.74, 6) is -0.159. The lowest BCUT2D eigenvalue weighted by Crippen LogP contribution is -2.13. The number of esters is 1. The lowest BCUT2D eigenvalue weighted by Gasteiger charge is -2.05. The van der Waals surface area contributed by atoms with E-state index in [2.05, 4.69) is 18.9 Å². The first-order valence-corrected chi connectivity index (χ1v) is 10.1. The molecule has 0 aliphatic rings. The largest absolute Gasteiger partial charge is 0.453 e. The van der Waals surface area contributed by atoms with Gasteiger partial charge in [0.15, 0.2) is 6.61 Å². The van der Waals surface area contributed by atoms with Gasteiger partial charge in [0.25, 0.3) is 0 Å². The number of nitrogens with zero attached hydrogens (tertiary/aromatic N) is 2. The molecule has 0 radical (unpaired) electrons. The number of carbonyl (C=O) groups is 2. The van der Waals surface area contributed by atoms with Gasteiger partial charge in [0.1, 0.15) is 9.71 Å². The van der Waals surface area contributed by atoms with Crippen molar-refractivity contribution in [3.63, 3.8) is 0 Å². The summed E-state index contributed by atoms with van der Waals surface area (Å²) in [6.07, 6.45) is 0. The van der Waals surface area contributed by atoms with E-state index in [1.807, 2.05) is 37.6 Å². The average molecular weight is 391 g/mol. The third-order valence-electron chi connectivity index (χ3n) is 4.02. The molecule has 0 N–H and O–H groups in total. The van der Waals surface area contributed by atoms with Crippen LogP contribution in [-0.2, 0) is 11.3 Å². The number of Topliss-reactive ketones (excluding diaryl/α,β-unsaturated/α-hetero) is 1. The normalized spacial score (nSPS) is 11.5. The van der Waals surface area contributed by atoms with Crippen LogP contribution in [0.4, 0.5) is 0 Å². The molecule has 0 aliphatic carbocycles. The summed E-state index contributed by atoms with van der Waals surface area (Å²) in [6, 6.07) is 3.66. The first kappa shape index (κ1) is 18.8. The van der Waals surface area contributed by atoms with E-state index in [9.17, 15) is 9.59 Å². The van der Waals surface area contributed by atoms with Crippen LogP contribution in [0.1, 0.15) is 49.3 Å². The van der Waals surface area contributed by atoms with E-state index in [1.54, 1.807) is 11.3 Å². The van der Waals surface area contributed by atoms with Crippen LogP contribution in [0.25, 0.3) is 10.2 Å². The van der Waals surface area contributed by atoms with Gasteiger partial charge in [0, 0.05) is 27.2 Å². The molecule has 0 bridgehead atoms. The van der Waals surface area contributed by atoms with Crippen molar-refractivity contribution >= 4 is 44.6 Å². The van der Waals surface area contributed by atoms with Gasteiger partial charge in [0.05, 0.1) is 5.69 Å². The highest BCUT2D eigenvalue weighted by molar-refractivity contribution is 7.20. The molecular weight excluding hydrogens is 368 g/mol. The van der Waals surface area contributed by atoms with Crippen LogP contribution >= 0.6 is 22.7 Å². The van der Waals surface area contributed by atoms with Crippen LogP contribution in [0.3, 0.4) is 0 Å². The van der Waals surface area contributed by atoms with Gasteiger partial charge in [-0.1, -0.05) is 13.8 Å². The first-order chi connectivity index (χ1) is 12.3. The predicted molar refractivity (Wildman–Crippen MR) is 106 cm³/mol. The Morgan fingerprint density at radius 1 is 1.19 bits per heavy atom. The topological polar surface area (TPSA) is 61.2 Å². The molecule has 0 atom stereocenters. The van der Waals surface area contributed by atoms with Crippen LogP contribution in [-0.4, -0.2) is 28.1 Å². The number of fused-ring (bicyclic) bond motifs is 1. The van der Waals surface area contributed by atoms with Crippen LogP contribution in [0.2, 0.25) is 0 Å². The second kappa shape index (κ2) is 7.32. The third-order valence-corrected chi connectivity index (χ3v) is 6.12. The molecule has 0 aliphatic heterocycles. The SMILES string of the molecule is Cc1cc(C(=O)COC(=O)c2cc3c(C)nn(CC(C)C)c3s2)c(C)s1. The summed E-state index contributed by atoms with van der Waals surface area (Å²) in [5.41, 5.74) is 1.54. The first-order valence-electron chi connectivity index (χ1n) is 8.50. The molecule has 3 rings (SSSR count). The van der Waals surface area contributed by atoms with Crippen molar-refractivity contribution in [2.24, 2.45) is 5.92 Å². The van der Waals surface area contributed by atoms with Crippen LogP contribution in [0.15, 0.2) is 12.1 Å².